The van der Waals surface area contributed by atoms with Crippen LogP contribution in [0.15, 0.2) is 53.0 Å². The largest absolute Gasteiger partial charge is 0.493 e. The fourth-order valence-electron chi connectivity index (χ4n) is 3.28. The summed E-state index contributed by atoms with van der Waals surface area (Å²) in [4.78, 5) is 26.4. The number of carbonyl (C=O) groups is 2. The van der Waals surface area contributed by atoms with Crippen molar-refractivity contribution in [3.05, 3.63) is 80.1 Å². The molecular weight excluding hydrogens is 488 g/mol. The number of thiophene rings is 1. The molecule has 3 N–H and O–H groups in total. The molecule has 0 unspecified atom stereocenters. The summed E-state index contributed by atoms with van der Waals surface area (Å²) in [5, 5.41) is 3.36. The van der Waals surface area contributed by atoms with E-state index >= 15 is 0 Å². The summed E-state index contributed by atoms with van der Waals surface area (Å²) in [6, 6.07) is 15.3. The van der Waals surface area contributed by atoms with Crippen molar-refractivity contribution in [3.63, 3.8) is 0 Å². The number of primary amides is 1. The number of nitrogens with one attached hydrogen (secondary N) is 1. The third kappa shape index (κ3) is 5.99. The Bertz CT molecular complexity index is 1110. The first-order valence-electron chi connectivity index (χ1n) is 10.5. The molecule has 7 heteroatoms. The second-order valence-electron chi connectivity index (χ2n) is 8.01. The average Bonchev–Trinajstić information content (AvgIpc) is 3.04. The molecule has 32 heavy (non-hydrogen) atoms. The summed E-state index contributed by atoms with van der Waals surface area (Å²) in [6.45, 7) is 6.63. The smallest absolute Gasteiger partial charge is 0.260 e. The Hall–Kier alpha value is -2.64. The highest BCUT2D eigenvalue weighted by molar-refractivity contribution is 9.10. The molecule has 0 aliphatic rings. The van der Waals surface area contributed by atoms with Gasteiger partial charge in [-0.1, -0.05) is 60.1 Å². The van der Waals surface area contributed by atoms with Gasteiger partial charge in [-0.3, -0.25) is 9.59 Å². The van der Waals surface area contributed by atoms with Crippen molar-refractivity contribution in [1.82, 2.24) is 0 Å². The molecule has 2 aromatic carbocycles. The fraction of sp³-hybridized carbons (Fsp3) is 0.280. The predicted octanol–water partition coefficient (Wildman–Crippen LogP) is 6.19. The molecule has 0 saturated carbocycles. The van der Waals surface area contributed by atoms with E-state index in [-0.39, 0.29) is 5.91 Å². The molecule has 1 aromatic heterocycles. The lowest BCUT2D eigenvalue weighted by atomic mass is 10.1. The summed E-state index contributed by atoms with van der Waals surface area (Å²) in [6.07, 6.45) is 1.55. The highest BCUT2D eigenvalue weighted by Gasteiger charge is 2.23. The SMILES string of the molecule is Cc1c(Cc2ccccc2)sc(NC(=O)c2cc(Br)ccc2OCCC(C)C)c1C(N)=O. The fourth-order valence-corrected chi connectivity index (χ4v) is 4.88. The third-order valence-corrected chi connectivity index (χ3v) is 6.77. The van der Waals surface area contributed by atoms with E-state index in [9.17, 15) is 9.59 Å². The van der Waals surface area contributed by atoms with Crippen molar-refractivity contribution in [2.45, 2.75) is 33.6 Å². The maximum Gasteiger partial charge on any atom is 0.260 e. The maximum atomic E-state index is 13.2. The van der Waals surface area contributed by atoms with E-state index in [0.717, 1.165) is 26.9 Å². The molecule has 0 spiro atoms. The standard InChI is InChI=1S/C25H27BrN2O3S/c1-15(2)11-12-31-20-10-9-18(26)14-19(20)24(30)28-25-22(23(27)29)16(3)21(32-25)13-17-7-5-4-6-8-17/h4-10,14-15H,11-13H2,1-3H3,(H2,27,29)(H,28,30). The summed E-state index contributed by atoms with van der Waals surface area (Å²) < 4.78 is 6.64. The topological polar surface area (TPSA) is 81.4 Å². The van der Waals surface area contributed by atoms with Crippen LogP contribution in [0, 0.1) is 12.8 Å². The molecule has 0 fully saturated rings. The Labute approximate surface area is 201 Å². The molecule has 3 rings (SSSR count). The van der Waals surface area contributed by atoms with E-state index in [1.165, 1.54) is 11.3 Å². The number of benzene rings is 2. The maximum absolute atomic E-state index is 13.2. The van der Waals surface area contributed by atoms with Gasteiger partial charge in [-0.15, -0.1) is 11.3 Å². The molecule has 0 aliphatic heterocycles. The van der Waals surface area contributed by atoms with Gasteiger partial charge in [0, 0.05) is 15.8 Å². The Morgan fingerprint density at radius 1 is 1.16 bits per heavy atom. The number of anilines is 1. The van der Waals surface area contributed by atoms with Gasteiger partial charge in [0.1, 0.15) is 10.8 Å². The molecule has 0 bridgehead atoms. The van der Waals surface area contributed by atoms with Gasteiger partial charge in [0.2, 0.25) is 0 Å². The number of rotatable bonds is 9. The lowest BCUT2D eigenvalue weighted by Gasteiger charge is -2.13. The van der Waals surface area contributed by atoms with Crippen molar-refractivity contribution >= 4 is 44.1 Å². The van der Waals surface area contributed by atoms with Gasteiger partial charge in [0.05, 0.1) is 17.7 Å². The van der Waals surface area contributed by atoms with Crippen LogP contribution in [0.3, 0.4) is 0 Å². The van der Waals surface area contributed by atoms with E-state index < -0.39 is 5.91 Å². The van der Waals surface area contributed by atoms with Crippen LogP contribution in [0.5, 0.6) is 5.75 Å². The highest BCUT2D eigenvalue weighted by atomic mass is 79.9. The second kappa shape index (κ2) is 10.8. The van der Waals surface area contributed by atoms with Gasteiger partial charge >= 0.3 is 0 Å². The number of ether oxygens (including phenoxy) is 1. The summed E-state index contributed by atoms with van der Waals surface area (Å²) in [5.74, 6) is 0.0969. The zero-order valence-corrected chi connectivity index (χ0v) is 20.8. The monoisotopic (exact) mass is 514 g/mol. The molecular formula is C25H27BrN2O3S. The van der Waals surface area contributed by atoms with Gasteiger partial charge < -0.3 is 15.8 Å². The first-order chi connectivity index (χ1) is 15.3. The molecule has 0 atom stereocenters. The van der Waals surface area contributed by atoms with Crippen molar-refractivity contribution in [3.8, 4) is 5.75 Å². The van der Waals surface area contributed by atoms with Crippen molar-refractivity contribution < 1.29 is 14.3 Å². The summed E-state index contributed by atoms with van der Waals surface area (Å²) in [5.41, 5.74) is 8.34. The summed E-state index contributed by atoms with van der Waals surface area (Å²) in [7, 11) is 0. The lowest BCUT2D eigenvalue weighted by Crippen LogP contribution is -2.18. The van der Waals surface area contributed by atoms with Gasteiger partial charge in [0.15, 0.2) is 0 Å². The van der Waals surface area contributed by atoms with Crippen LogP contribution in [0.4, 0.5) is 5.00 Å². The predicted molar refractivity (Wildman–Crippen MR) is 134 cm³/mol. The van der Waals surface area contributed by atoms with Gasteiger partial charge in [-0.05, 0) is 48.6 Å². The zero-order valence-electron chi connectivity index (χ0n) is 18.4. The van der Waals surface area contributed by atoms with E-state index in [1.54, 1.807) is 12.1 Å². The minimum absolute atomic E-state index is 0.346. The van der Waals surface area contributed by atoms with Crippen molar-refractivity contribution in [2.24, 2.45) is 11.7 Å². The Balaban J connectivity index is 1.88. The zero-order chi connectivity index (χ0) is 23.3. The molecule has 1 heterocycles. The Morgan fingerprint density at radius 2 is 1.88 bits per heavy atom. The van der Waals surface area contributed by atoms with Crippen LogP contribution in [0.1, 0.15) is 57.0 Å². The number of nitrogens with two attached hydrogens (primary N) is 1. The van der Waals surface area contributed by atoms with Crippen LogP contribution in [0.25, 0.3) is 0 Å². The second-order valence-corrected chi connectivity index (χ2v) is 10.0. The Kier molecular flexibility index (Phi) is 8.10. The van der Waals surface area contributed by atoms with E-state index in [0.29, 0.717) is 40.8 Å². The number of amides is 2. The van der Waals surface area contributed by atoms with Crippen LogP contribution in [-0.2, 0) is 6.42 Å². The lowest BCUT2D eigenvalue weighted by molar-refractivity contribution is 0.100. The van der Waals surface area contributed by atoms with Crippen LogP contribution in [-0.4, -0.2) is 18.4 Å². The van der Waals surface area contributed by atoms with Crippen LogP contribution < -0.4 is 15.8 Å². The average molecular weight is 515 g/mol. The molecule has 168 valence electrons. The van der Waals surface area contributed by atoms with E-state index in [1.807, 2.05) is 43.3 Å². The van der Waals surface area contributed by atoms with Gasteiger partial charge in [0.25, 0.3) is 11.8 Å². The highest BCUT2D eigenvalue weighted by Crippen LogP contribution is 2.35. The van der Waals surface area contributed by atoms with E-state index in [4.69, 9.17) is 10.5 Å². The number of carbonyl (C=O) groups excluding carboxylic acids is 2. The minimum atomic E-state index is -0.559. The Morgan fingerprint density at radius 3 is 2.53 bits per heavy atom. The molecule has 0 aliphatic carbocycles. The number of halogens is 1. The van der Waals surface area contributed by atoms with Gasteiger partial charge in [-0.2, -0.15) is 0 Å². The first kappa shape index (κ1) is 24.0. The van der Waals surface area contributed by atoms with Gasteiger partial charge in [-0.25, -0.2) is 0 Å². The van der Waals surface area contributed by atoms with Crippen LogP contribution in [0.2, 0.25) is 0 Å². The molecule has 2 amide bonds. The molecule has 3 aromatic rings. The third-order valence-electron chi connectivity index (χ3n) is 5.07. The number of hydrogen-bond donors (Lipinski definition) is 2. The van der Waals surface area contributed by atoms with Crippen molar-refractivity contribution in [1.29, 1.82) is 0 Å². The first-order valence-corrected chi connectivity index (χ1v) is 12.1. The van der Waals surface area contributed by atoms with E-state index in [2.05, 4.69) is 35.1 Å². The molecule has 5 nitrogen and oxygen atoms in total. The molecule has 0 radical (unpaired) electrons. The van der Waals surface area contributed by atoms with Crippen molar-refractivity contribution in [2.75, 3.05) is 11.9 Å². The van der Waals surface area contributed by atoms with Crippen LogP contribution >= 0.6 is 27.3 Å². The summed E-state index contributed by atoms with van der Waals surface area (Å²) >= 11 is 4.80. The molecule has 0 saturated heterocycles. The quantitative estimate of drug-likeness (QED) is 0.357. The minimum Gasteiger partial charge on any atom is -0.493 e. The normalized spacial score (nSPS) is 10.9. The number of hydrogen-bond acceptors (Lipinski definition) is 4.